The zero-order chi connectivity index (χ0) is 14.7. The number of hydrogen-bond acceptors (Lipinski definition) is 3. The maximum Gasteiger partial charge on any atom is 0.253 e. The first-order valence-electron chi connectivity index (χ1n) is 5.96. The summed E-state index contributed by atoms with van der Waals surface area (Å²) in [5.41, 5.74) is 1.29. The highest BCUT2D eigenvalue weighted by molar-refractivity contribution is 9.10. The predicted molar refractivity (Wildman–Crippen MR) is 83.2 cm³/mol. The monoisotopic (exact) mass is 356 g/mol. The fourth-order valence-electron chi connectivity index (χ4n) is 1.68. The lowest BCUT2D eigenvalue weighted by Crippen LogP contribution is -2.21. The summed E-state index contributed by atoms with van der Waals surface area (Å²) in [6, 6.07) is 8.84. The summed E-state index contributed by atoms with van der Waals surface area (Å²) in [5, 5.41) is 3.72. The molecule has 106 valence electrons. The molecule has 20 heavy (non-hydrogen) atoms. The van der Waals surface area contributed by atoms with Crippen LogP contribution in [0.2, 0.25) is 5.02 Å². The van der Waals surface area contributed by atoms with Gasteiger partial charge in [0.15, 0.2) is 4.67 Å². The Labute approximate surface area is 130 Å². The van der Waals surface area contributed by atoms with Gasteiger partial charge in [0.1, 0.15) is 5.76 Å². The molecule has 1 amide bonds. The third-order valence-electron chi connectivity index (χ3n) is 2.70. The van der Waals surface area contributed by atoms with Gasteiger partial charge in [-0.25, -0.2) is 0 Å². The summed E-state index contributed by atoms with van der Waals surface area (Å²) in [4.78, 5) is 13.4. The Kier molecular flexibility index (Phi) is 4.73. The van der Waals surface area contributed by atoms with Gasteiger partial charge in [0.2, 0.25) is 0 Å². The fraction of sp³-hybridized carbons (Fsp3) is 0.214. The summed E-state index contributed by atoms with van der Waals surface area (Å²) in [7, 11) is 3.43. The van der Waals surface area contributed by atoms with Crippen LogP contribution in [0.4, 0.5) is 5.69 Å². The van der Waals surface area contributed by atoms with Crippen molar-refractivity contribution in [2.45, 2.75) is 6.54 Å². The van der Waals surface area contributed by atoms with Gasteiger partial charge < -0.3 is 14.6 Å². The first kappa shape index (κ1) is 14.9. The molecular formula is C14H14BrClN2O2. The molecule has 0 aliphatic heterocycles. The topological polar surface area (TPSA) is 45.5 Å². The molecule has 0 radical (unpaired) electrons. The van der Waals surface area contributed by atoms with Gasteiger partial charge in [0.05, 0.1) is 17.3 Å². The maximum absolute atomic E-state index is 11.9. The summed E-state index contributed by atoms with van der Waals surface area (Å²) >= 11 is 9.37. The number of benzene rings is 1. The number of carbonyl (C=O) groups excluding carboxylic acids is 1. The Bertz CT molecular complexity index is 625. The second-order valence-corrected chi connectivity index (χ2v) is 5.64. The first-order valence-corrected chi connectivity index (χ1v) is 7.14. The molecule has 1 aromatic heterocycles. The van der Waals surface area contributed by atoms with Crippen LogP contribution < -0.4 is 5.32 Å². The van der Waals surface area contributed by atoms with Crippen molar-refractivity contribution >= 4 is 39.1 Å². The minimum absolute atomic E-state index is 0.0644. The molecule has 1 aromatic carbocycles. The summed E-state index contributed by atoms with van der Waals surface area (Å²) < 4.78 is 6.07. The molecule has 0 saturated carbocycles. The molecular weight excluding hydrogens is 344 g/mol. The zero-order valence-electron chi connectivity index (χ0n) is 11.1. The summed E-state index contributed by atoms with van der Waals surface area (Å²) in [5.74, 6) is 0.711. The molecule has 0 spiro atoms. The van der Waals surface area contributed by atoms with E-state index in [0.29, 0.717) is 27.5 Å². The van der Waals surface area contributed by atoms with E-state index in [1.165, 1.54) is 4.90 Å². The Morgan fingerprint density at radius 3 is 2.70 bits per heavy atom. The highest BCUT2D eigenvalue weighted by atomic mass is 79.9. The van der Waals surface area contributed by atoms with Gasteiger partial charge in [-0.3, -0.25) is 4.79 Å². The van der Waals surface area contributed by atoms with E-state index < -0.39 is 0 Å². The van der Waals surface area contributed by atoms with Gasteiger partial charge in [-0.2, -0.15) is 0 Å². The van der Waals surface area contributed by atoms with E-state index in [1.807, 2.05) is 12.1 Å². The largest absolute Gasteiger partial charge is 0.452 e. The third-order valence-corrected chi connectivity index (χ3v) is 3.46. The number of carbonyl (C=O) groups is 1. The fourth-order valence-corrected chi connectivity index (χ4v) is 2.21. The van der Waals surface area contributed by atoms with Crippen LogP contribution in [0.15, 0.2) is 39.4 Å². The lowest BCUT2D eigenvalue weighted by Gasteiger charge is -2.13. The minimum Gasteiger partial charge on any atom is -0.452 e. The van der Waals surface area contributed by atoms with Crippen molar-refractivity contribution in [3.63, 3.8) is 0 Å². The Morgan fingerprint density at radius 2 is 2.10 bits per heavy atom. The van der Waals surface area contributed by atoms with Crippen molar-refractivity contribution < 1.29 is 9.21 Å². The predicted octanol–water partition coefficient (Wildman–Crippen LogP) is 4.01. The van der Waals surface area contributed by atoms with Gasteiger partial charge in [-0.15, -0.1) is 0 Å². The molecule has 1 N–H and O–H groups in total. The van der Waals surface area contributed by atoms with Crippen molar-refractivity contribution in [3.8, 4) is 0 Å². The Balaban J connectivity index is 2.14. The maximum atomic E-state index is 11.9. The molecule has 0 saturated heterocycles. The second-order valence-electron chi connectivity index (χ2n) is 4.45. The van der Waals surface area contributed by atoms with Crippen LogP contribution in [0, 0.1) is 0 Å². The van der Waals surface area contributed by atoms with Gasteiger partial charge in [0, 0.05) is 19.7 Å². The van der Waals surface area contributed by atoms with Crippen molar-refractivity contribution in [2.75, 3.05) is 19.4 Å². The molecule has 0 unspecified atom stereocenters. The second kappa shape index (κ2) is 6.33. The molecule has 4 nitrogen and oxygen atoms in total. The normalized spacial score (nSPS) is 10.4. The van der Waals surface area contributed by atoms with E-state index in [2.05, 4.69) is 21.2 Å². The third kappa shape index (κ3) is 3.55. The van der Waals surface area contributed by atoms with Gasteiger partial charge in [-0.1, -0.05) is 11.6 Å². The van der Waals surface area contributed by atoms with Crippen LogP contribution in [0.3, 0.4) is 0 Å². The van der Waals surface area contributed by atoms with Crippen molar-refractivity contribution in [2.24, 2.45) is 0 Å². The van der Waals surface area contributed by atoms with E-state index in [-0.39, 0.29) is 5.91 Å². The molecule has 1 heterocycles. The van der Waals surface area contributed by atoms with Crippen LogP contribution in [0.1, 0.15) is 16.1 Å². The van der Waals surface area contributed by atoms with Gasteiger partial charge >= 0.3 is 0 Å². The Hall–Kier alpha value is -1.46. The molecule has 0 aliphatic rings. The molecule has 2 rings (SSSR count). The summed E-state index contributed by atoms with van der Waals surface area (Å²) in [6.45, 7) is 0.491. The first-order chi connectivity index (χ1) is 9.47. The average Bonchev–Trinajstić information content (AvgIpc) is 2.82. The molecule has 2 aromatic rings. The molecule has 0 fully saturated rings. The van der Waals surface area contributed by atoms with Crippen LogP contribution in [-0.4, -0.2) is 24.9 Å². The molecule has 0 atom stereocenters. The van der Waals surface area contributed by atoms with Crippen LogP contribution >= 0.6 is 27.5 Å². The number of anilines is 1. The minimum atomic E-state index is -0.0644. The van der Waals surface area contributed by atoms with E-state index in [9.17, 15) is 4.79 Å². The van der Waals surface area contributed by atoms with Gasteiger partial charge in [-0.05, 0) is 46.3 Å². The number of nitrogens with zero attached hydrogens (tertiary/aromatic N) is 1. The number of nitrogens with one attached hydrogen (secondary N) is 1. The van der Waals surface area contributed by atoms with E-state index >= 15 is 0 Å². The lowest BCUT2D eigenvalue weighted by molar-refractivity contribution is 0.0827. The van der Waals surface area contributed by atoms with E-state index in [1.54, 1.807) is 32.3 Å². The molecule has 0 bridgehead atoms. The lowest BCUT2D eigenvalue weighted by atomic mass is 10.2. The van der Waals surface area contributed by atoms with Crippen LogP contribution in [-0.2, 0) is 6.54 Å². The van der Waals surface area contributed by atoms with Crippen molar-refractivity contribution in [3.05, 3.63) is 51.3 Å². The number of rotatable bonds is 4. The number of hydrogen-bond donors (Lipinski definition) is 1. The SMILES string of the molecule is CN(C)C(=O)c1ccc(Cl)c(NCc2ccc(Br)o2)c1. The summed E-state index contributed by atoms with van der Waals surface area (Å²) in [6.07, 6.45) is 0. The number of amides is 1. The van der Waals surface area contributed by atoms with Crippen LogP contribution in [0.5, 0.6) is 0 Å². The smallest absolute Gasteiger partial charge is 0.253 e. The van der Waals surface area contributed by atoms with E-state index in [0.717, 1.165) is 5.76 Å². The number of halogens is 2. The standard InChI is InChI=1S/C14H14BrClN2O2/c1-18(2)14(19)9-3-5-11(16)12(7-9)17-8-10-4-6-13(15)20-10/h3-7,17H,8H2,1-2H3. The quantitative estimate of drug-likeness (QED) is 0.899. The molecule has 0 aliphatic carbocycles. The Morgan fingerprint density at radius 1 is 1.35 bits per heavy atom. The highest BCUT2D eigenvalue weighted by Crippen LogP contribution is 2.24. The average molecular weight is 358 g/mol. The van der Waals surface area contributed by atoms with Crippen molar-refractivity contribution in [1.29, 1.82) is 0 Å². The van der Waals surface area contributed by atoms with E-state index in [4.69, 9.17) is 16.0 Å². The molecule has 6 heteroatoms. The van der Waals surface area contributed by atoms with Gasteiger partial charge in [0.25, 0.3) is 5.91 Å². The van der Waals surface area contributed by atoms with Crippen LogP contribution in [0.25, 0.3) is 0 Å². The number of furan rings is 1. The highest BCUT2D eigenvalue weighted by Gasteiger charge is 2.11. The zero-order valence-corrected chi connectivity index (χ0v) is 13.5. The van der Waals surface area contributed by atoms with Crippen molar-refractivity contribution in [1.82, 2.24) is 4.90 Å².